The smallest absolute Gasteiger partial charge is 0.307 e. The molecular formula is C39H62NO16+. The molecule has 10 atom stereocenters. The van der Waals surface area contributed by atoms with E-state index in [2.05, 4.69) is 0 Å². The van der Waals surface area contributed by atoms with Gasteiger partial charge in [0, 0.05) is 13.0 Å². The molecule has 0 fully saturated rings. The van der Waals surface area contributed by atoms with E-state index in [9.17, 15) is 59.4 Å². The van der Waals surface area contributed by atoms with Gasteiger partial charge >= 0.3 is 35.8 Å². The van der Waals surface area contributed by atoms with Gasteiger partial charge in [0.2, 0.25) is 6.20 Å². The Labute approximate surface area is 327 Å². The van der Waals surface area contributed by atoms with Gasteiger partial charge in [-0.15, -0.1) is 0 Å². The van der Waals surface area contributed by atoms with Gasteiger partial charge in [0.15, 0.2) is 18.0 Å². The number of aliphatic carboxylic acids is 4. The highest BCUT2D eigenvalue weighted by molar-refractivity contribution is 5.83. The minimum atomic E-state index is -1.60. The minimum Gasteiger partial charge on any atom is -0.503 e. The van der Waals surface area contributed by atoms with Gasteiger partial charge in [-0.3, -0.25) is 28.8 Å². The maximum atomic E-state index is 13.1. The lowest BCUT2D eigenvalue weighted by Gasteiger charge is -2.33. The van der Waals surface area contributed by atoms with E-state index >= 15 is 0 Å². The van der Waals surface area contributed by atoms with Crippen LogP contribution in [0.1, 0.15) is 124 Å². The summed E-state index contributed by atoms with van der Waals surface area (Å²) in [7, 11) is 0. The van der Waals surface area contributed by atoms with E-state index in [4.69, 9.17) is 19.7 Å². The normalized spacial score (nSPS) is 16.8. The van der Waals surface area contributed by atoms with Crippen molar-refractivity contribution in [2.24, 2.45) is 23.7 Å². The van der Waals surface area contributed by atoms with Crippen LogP contribution >= 0.6 is 0 Å². The quantitative estimate of drug-likeness (QED) is 0.0314. The molecule has 56 heavy (non-hydrogen) atoms. The van der Waals surface area contributed by atoms with Crippen molar-refractivity contribution in [2.75, 3.05) is 0 Å². The number of hydrogen-bond acceptors (Lipinski definition) is 12. The minimum absolute atomic E-state index is 0.0187. The Morgan fingerprint density at radius 2 is 1.27 bits per heavy atom. The van der Waals surface area contributed by atoms with Crippen molar-refractivity contribution >= 4 is 35.8 Å². The van der Waals surface area contributed by atoms with Gasteiger partial charge in [0.25, 0.3) is 0 Å². The fraction of sp³-hybridized carbons (Fsp3) is 0.718. The Morgan fingerprint density at radius 1 is 0.714 bits per heavy atom. The maximum absolute atomic E-state index is 13.1. The second kappa shape index (κ2) is 25.7. The Kier molecular flexibility index (Phi) is 22.8. The summed E-state index contributed by atoms with van der Waals surface area (Å²) < 4.78 is 13.1. The monoisotopic (exact) mass is 800 g/mol. The number of carboxylic acids is 4. The summed E-state index contributed by atoms with van der Waals surface area (Å²) in [6.07, 6.45) is -0.820. The molecule has 0 bridgehead atoms. The molecule has 8 N–H and O–H groups in total. The molecule has 1 aromatic rings. The van der Waals surface area contributed by atoms with Gasteiger partial charge in [0.05, 0.1) is 49.7 Å². The van der Waals surface area contributed by atoms with Crippen LogP contribution in [0.2, 0.25) is 0 Å². The van der Waals surface area contributed by atoms with Gasteiger partial charge in [-0.25, -0.2) is 0 Å². The van der Waals surface area contributed by atoms with Gasteiger partial charge < -0.3 is 50.3 Å². The first-order valence-corrected chi connectivity index (χ1v) is 19.3. The molecule has 0 amide bonds. The summed E-state index contributed by atoms with van der Waals surface area (Å²) in [6.45, 7) is 7.14. The second-order valence-corrected chi connectivity index (χ2v) is 15.0. The number of pyridine rings is 1. The number of carboxylic acid groups (broad SMARTS) is 4. The lowest BCUT2D eigenvalue weighted by atomic mass is 9.87. The average molecular weight is 801 g/mol. The van der Waals surface area contributed by atoms with E-state index in [0.29, 0.717) is 44.9 Å². The van der Waals surface area contributed by atoms with Crippen molar-refractivity contribution in [3.05, 3.63) is 24.5 Å². The van der Waals surface area contributed by atoms with E-state index in [1.54, 1.807) is 37.6 Å². The third kappa shape index (κ3) is 19.5. The number of carbonyl (C=O) groups is 6. The van der Waals surface area contributed by atoms with Crippen LogP contribution in [0.5, 0.6) is 5.75 Å². The van der Waals surface area contributed by atoms with Gasteiger partial charge in [-0.2, -0.15) is 4.57 Å². The Hall–Kier alpha value is -4.35. The summed E-state index contributed by atoms with van der Waals surface area (Å²) in [5, 5.41) is 79.0. The zero-order valence-corrected chi connectivity index (χ0v) is 32.8. The number of aromatic nitrogens is 1. The molecular weight excluding hydrogens is 738 g/mol. The van der Waals surface area contributed by atoms with Gasteiger partial charge in [0.1, 0.15) is 18.3 Å². The number of carbonyl (C=O) groups excluding carboxylic acids is 2. The van der Waals surface area contributed by atoms with E-state index in [0.717, 1.165) is 6.42 Å². The fourth-order valence-corrected chi connectivity index (χ4v) is 6.62. The molecule has 0 radical (unpaired) electrons. The molecule has 17 heteroatoms. The molecule has 0 aliphatic carbocycles. The van der Waals surface area contributed by atoms with Crippen LogP contribution in [0.3, 0.4) is 0 Å². The van der Waals surface area contributed by atoms with Crippen molar-refractivity contribution in [1.82, 2.24) is 0 Å². The van der Waals surface area contributed by atoms with Crippen molar-refractivity contribution < 1.29 is 83.7 Å². The molecule has 0 saturated carbocycles. The molecule has 1 heterocycles. The molecule has 0 saturated heterocycles. The van der Waals surface area contributed by atoms with E-state index in [1.807, 2.05) is 6.92 Å². The van der Waals surface area contributed by atoms with Crippen molar-refractivity contribution in [3.63, 3.8) is 0 Å². The third-order valence-corrected chi connectivity index (χ3v) is 9.87. The molecule has 1 rings (SSSR count). The number of aromatic hydroxyl groups is 1. The third-order valence-electron chi connectivity index (χ3n) is 9.87. The Morgan fingerprint density at radius 3 is 1.79 bits per heavy atom. The molecule has 1 aromatic heterocycles. The van der Waals surface area contributed by atoms with Crippen LogP contribution < -0.4 is 4.57 Å². The van der Waals surface area contributed by atoms with Crippen LogP contribution in [-0.4, -0.2) is 107 Å². The molecule has 0 aliphatic rings. The molecule has 318 valence electrons. The topological polar surface area (TPSA) is 287 Å². The number of hydrogen-bond donors (Lipinski definition) is 8. The summed E-state index contributed by atoms with van der Waals surface area (Å²) in [6, 6.07) is 2.62. The highest BCUT2D eigenvalue weighted by atomic mass is 16.6. The first-order valence-electron chi connectivity index (χ1n) is 19.3. The standard InChI is InChI=1S/C39H61NO16/c1-5-6-11-24(3)37(56-35(49)21-27(39(53)54)19-33(46)47)31(55-34(48)20-26(38(51)52)18-32(44)45)17-23(2)16-28(41)12-8-7-9-14-30(43)36(50)25(4)40-15-10-13-29(42)22-40/h10,13,15,22-28,30-31,36-37,41,43,50H,5-9,11-12,14,16-21H2,1-4H3,(H4-,42,44,45,46,47,51,52,53,54)/p+1. The largest absolute Gasteiger partial charge is 0.503 e. The highest BCUT2D eigenvalue weighted by Gasteiger charge is 2.37. The van der Waals surface area contributed by atoms with Crippen LogP contribution in [0.25, 0.3) is 0 Å². The fourth-order valence-electron chi connectivity index (χ4n) is 6.62. The van der Waals surface area contributed by atoms with Gasteiger partial charge in [-0.05, 0) is 50.0 Å². The zero-order valence-electron chi connectivity index (χ0n) is 32.8. The van der Waals surface area contributed by atoms with Crippen LogP contribution in [0.4, 0.5) is 0 Å². The number of unbranched alkanes of at least 4 members (excludes halogenated alkanes) is 3. The van der Waals surface area contributed by atoms with Crippen LogP contribution in [0.15, 0.2) is 24.5 Å². The number of nitrogens with zero attached hydrogens (tertiary/aromatic N) is 1. The number of aliphatic hydroxyl groups is 3. The summed E-state index contributed by atoms with van der Waals surface area (Å²) in [5.74, 6) is -12.0. The van der Waals surface area contributed by atoms with Crippen molar-refractivity contribution in [2.45, 2.75) is 154 Å². The summed E-state index contributed by atoms with van der Waals surface area (Å²) in [5.41, 5.74) is 0. The van der Waals surface area contributed by atoms with Crippen LogP contribution in [-0.2, 0) is 38.2 Å². The lowest BCUT2D eigenvalue weighted by Crippen LogP contribution is -2.47. The maximum Gasteiger partial charge on any atom is 0.307 e. The predicted octanol–water partition coefficient (Wildman–Crippen LogP) is 3.47. The summed E-state index contributed by atoms with van der Waals surface area (Å²) in [4.78, 5) is 72.0. The molecule has 0 aromatic carbocycles. The van der Waals surface area contributed by atoms with Crippen molar-refractivity contribution in [3.8, 4) is 5.75 Å². The van der Waals surface area contributed by atoms with Crippen LogP contribution in [0, 0.1) is 23.7 Å². The Balaban J connectivity index is 3.04. The second-order valence-electron chi connectivity index (χ2n) is 15.0. The zero-order chi connectivity index (χ0) is 42.5. The molecule has 0 aliphatic heterocycles. The average Bonchev–Trinajstić information content (AvgIpc) is 3.10. The number of esters is 2. The molecule has 10 unspecified atom stereocenters. The number of aliphatic hydroxyl groups excluding tert-OH is 3. The van der Waals surface area contributed by atoms with Crippen molar-refractivity contribution in [1.29, 1.82) is 0 Å². The first kappa shape index (κ1) is 49.7. The molecule has 17 nitrogen and oxygen atoms in total. The molecule has 0 spiro atoms. The SMILES string of the molecule is CCCCC(C)C(OC(=O)CC(CC(=O)O)C(=O)O)C(CC(C)CC(O)CCCCCC(O)C(O)C(C)[n+]1cccc(O)c1)OC(=O)CC(CC(=O)O)C(=O)O. The number of ether oxygens (including phenoxy) is 2. The number of rotatable bonds is 30. The van der Waals surface area contributed by atoms with E-state index in [1.165, 1.54) is 12.3 Å². The first-order chi connectivity index (χ1) is 26.2. The predicted molar refractivity (Wildman–Crippen MR) is 197 cm³/mol. The van der Waals surface area contributed by atoms with E-state index in [-0.39, 0.29) is 24.5 Å². The summed E-state index contributed by atoms with van der Waals surface area (Å²) >= 11 is 0. The lowest BCUT2D eigenvalue weighted by molar-refractivity contribution is -0.728. The van der Waals surface area contributed by atoms with Gasteiger partial charge in [-0.1, -0.05) is 52.9 Å². The Bertz CT molecular complexity index is 1400. The van der Waals surface area contributed by atoms with E-state index < -0.39 is 116 Å². The highest BCUT2D eigenvalue weighted by Crippen LogP contribution is 2.29.